The second-order valence-electron chi connectivity index (χ2n) is 6.20. The van der Waals surface area contributed by atoms with E-state index in [1.807, 2.05) is 0 Å². The van der Waals surface area contributed by atoms with Gasteiger partial charge in [-0.1, -0.05) is 48.5 Å². The van der Waals surface area contributed by atoms with E-state index in [0.717, 1.165) is 19.5 Å². The second-order valence-corrected chi connectivity index (χ2v) is 6.20. The number of hydrogen-bond acceptors (Lipinski definition) is 2. The summed E-state index contributed by atoms with van der Waals surface area (Å²) in [6, 6.07) is 17.9. The first kappa shape index (κ1) is 13.1. The van der Waals surface area contributed by atoms with Gasteiger partial charge in [0, 0.05) is 18.5 Å². The Hall–Kier alpha value is -1.64. The molecular formula is C19H21NO. The van der Waals surface area contributed by atoms with Crippen LogP contribution in [0, 0.1) is 0 Å². The highest BCUT2D eigenvalue weighted by Gasteiger charge is 2.32. The number of benzene rings is 2. The number of fused-ring (bicyclic) bond motifs is 3. The lowest BCUT2D eigenvalue weighted by Gasteiger charge is -2.27. The second kappa shape index (κ2) is 5.28. The number of aliphatic hydroxyl groups excluding tert-OH is 1. The van der Waals surface area contributed by atoms with Crippen LogP contribution in [0.4, 0.5) is 0 Å². The van der Waals surface area contributed by atoms with E-state index in [9.17, 15) is 5.11 Å². The zero-order chi connectivity index (χ0) is 14.2. The zero-order valence-corrected chi connectivity index (χ0v) is 12.2. The Labute approximate surface area is 126 Å². The smallest absolute Gasteiger partial charge is 0.0586 e. The maximum Gasteiger partial charge on any atom is 0.0586 e. The molecule has 1 aliphatic carbocycles. The molecule has 2 nitrogen and oxygen atoms in total. The van der Waals surface area contributed by atoms with Crippen molar-refractivity contribution in [3.05, 3.63) is 59.7 Å². The molecular weight excluding hydrogens is 258 g/mol. The molecule has 1 fully saturated rings. The fraction of sp³-hybridized carbons (Fsp3) is 0.368. The van der Waals surface area contributed by atoms with Gasteiger partial charge in [0.05, 0.1) is 6.61 Å². The molecule has 1 saturated heterocycles. The highest BCUT2D eigenvalue weighted by Crippen LogP contribution is 2.45. The van der Waals surface area contributed by atoms with E-state index in [1.165, 1.54) is 28.7 Å². The van der Waals surface area contributed by atoms with Crippen molar-refractivity contribution >= 4 is 0 Å². The average molecular weight is 279 g/mol. The van der Waals surface area contributed by atoms with E-state index < -0.39 is 0 Å². The van der Waals surface area contributed by atoms with Crippen molar-refractivity contribution in [1.29, 1.82) is 0 Å². The molecule has 0 amide bonds. The van der Waals surface area contributed by atoms with Gasteiger partial charge in [0.15, 0.2) is 0 Å². The predicted molar refractivity (Wildman–Crippen MR) is 85.4 cm³/mol. The minimum absolute atomic E-state index is 0.288. The van der Waals surface area contributed by atoms with Gasteiger partial charge in [0.1, 0.15) is 0 Å². The monoisotopic (exact) mass is 279 g/mol. The average Bonchev–Trinajstić information content (AvgIpc) is 3.11. The van der Waals surface area contributed by atoms with Crippen molar-refractivity contribution in [1.82, 2.24) is 4.90 Å². The Balaban J connectivity index is 1.72. The van der Waals surface area contributed by atoms with Crippen LogP contribution in [0.2, 0.25) is 0 Å². The first-order valence-electron chi connectivity index (χ1n) is 7.91. The molecule has 2 aromatic carbocycles. The van der Waals surface area contributed by atoms with Crippen LogP contribution < -0.4 is 0 Å². The fourth-order valence-corrected chi connectivity index (χ4v) is 4.03. The number of likely N-dealkylation sites (tertiary alicyclic amines) is 1. The van der Waals surface area contributed by atoms with Gasteiger partial charge < -0.3 is 5.11 Å². The van der Waals surface area contributed by atoms with Crippen LogP contribution >= 0.6 is 0 Å². The fourth-order valence-electron chi connectivity index (χ4n) is 4.03. The quantitative estimate of drug-likeness (QED) is 0.932. The summed E-state index contributed by atoms with van der Waals surface area (Å²) in [6.45, 7) is 2.43. The van der Waals surface area contributed by atoms with Gasteiger partial charge in [-0.3, -0.25) is 4.90 Å². The molecule has 4 rings (SSSR count). The van der Waals surface area contributed by atoms with E-state index >= 15 is 0 Å². The van der Waals surface area contributed by atoms with E-state index in [0.29, 0.717) is 12.0 Å². The Morgan fingerprint density at radius 1 is 0.952 bits per heavy atom. The van der Waals surface area contributed by atoms with Gasteiger partial charge in [-0.25, -0.2) is 0 Å². The summed E-state index contributed by atoms with van der Waals surface area (Å²) in [5.41, 5.74) is 5.67. The third-order valence-corrected chi connectivity index (χ3v) is 5.09. The molecule has 1 heterocycles. The van der Waals surface area contributed by atoms with Crippen molar-refractivity contribution in [2.75, 3.05) is 19.7 Å². The SMILES string of the molecule is OC[C@@H]1CCCN1CC1c2ccccc2-c2ccccc21. The summed E-state index contributed by atoms with van der Waals surface area (Å²) < 4.78 is 0. The minimum Gasteiger partial charge on any atom is -0.395 e. The van der Waals surface area contributed by atoms with Gasteiger partial charge in [0.2, 0.25) is 0 Å². The zero-order valence-electron chi connectivity index (χ0n) is 12.2. The molecule has 0 saturated carbocycles. The van der Waals surface area contributed by atoms with Crippen LogP contribution in [0.3, 0.4) is 0 Å². The largest absolute Gasteiger partial charge is 0.395 e. The van der Waals surface area contributed by atoms with E-state index in [1.54, 1.807) is 0 Å². The lowest BCUT2D eigenvalue weighted by Crippen LogP contribution is -2.35. The molecule has 0 radical (unpaired) electrons. The van der Waals surface area contributed by atoms with Crippen molar-refractivity contribution < 1.29 is 5.11 Å². The maximum absolute atomic E-state index is 9.56. The van der Waals surface area contributed by atoms with Gasteiger partial charge in [-0.15, -0.1) is 0 Å². The van der Waals surface area contributed by atoms with Crippen molar-refractivity contribution in [2.24, 2.45) is 0 Å². The third kappa shape index (κ3) is 2.10. The molecule has 0 spiro atoms. The van der Waals surface area contributed by atoms with Crippen LogP contribution in [0.5, 0.6) is 0 Å². The van der Waals surface area contributed by atoms with Crippen molar-refractivity contribution in [3.8, 4) is 11.1 Å². The van der Waals surface area contributed by atoms with Crippen molar-refractivity contribution in [3.63, 3.8) is 0 Å². The molecule has 0 bridgehead atoms. The first-order valence-corrected chi connectivity index (χ1v) is 7.91. The Bertz CT molecular complexity index is 606. The van der Waals surface area contributed by atoms with Gasteiger partial charge in [-0.2, -0.15) is 0 Å². The highest BCUT2D eigenvalue weighted by molar-refractivity contribution is 5.78. The predicted octanol–water partition coefficient (Wildman–Crippen LogP) is 3.26. The number of hydrogen-bond donors (Lipinski definition) is 1. The van der Waals surface area contributed by atoms with Gasteiger partial charge in [-0.05, 0) is 41.6 Å². The molecule has 108 valence electrons. The van der Waals surface area contributed by atoms with Crippen LogP contribution in [0.15, 0.2) is 48.5 Å². The molecule has 0 aromatic heterocycles. The van der Waals surface area contributed by atoms with Crippen LogP contribution in [-0.2, 0) is 0 Å². The molecule has 1 aliphatic heterocycles. The summed E-state index contributed by atoms with van der Waals surface area (Å²) in [4.78, 5) is 2.48. The molecule has 1 atom stereocenters. The van der Waals surface area contributed by atoms with Crippen molar-refractivity contribution in [2.45, 2.75) is 24.8 Å². The van der Waals surface area contributed by atoms with E-state index in [-0.39, 0.29) is 6.61 Å². The summed E-state index contributed by atoms with van der Waals surface area (Å²) >= 11 is 0. The standard InChI is InChI=1S/C19H21NO/c21-13-14-6-5-11-20(14)12-19-17-9-3-1-7-15(17)16-8-2-4-10-18(16)19/h1-4,7-10,14,19,21H,5-6,11-13H2/t14-/m0/s1. The maximum atomic E-state index is 9.56. The van der Waals surface area contributed by atoms with Crippen LogP contribution in [0.1, 0.15) is 29.9 Å². The lowest BCUT2D eigenvalue weighted by atomic mass is 9.96. The Morgan fingerprint density at radius 2 is 1.57 bits per heavy atom. The molecule has 2 aliphatic rings. The van der Waals surface area contributed by atoms with Crippen LogP contribution in [0.25, 0.3) is 11.1 Å². The van der Waals surface area contributed by atoms with E-state index in [2.05, 4.69) is 53.4 Å². The summed E-state index contributed by atoms with van der Waals surface area (Å²) in [5, 5.41) is 9.56. The molecule has 21 heavy (non-hydrogen) atoms. The number of nitrogens with zero attached hydrogens (tertiary/aromatic N) is 1. The third-order valence-electron chi connectivity index (χ3n) is 5.09. The van der Waals surface area contributed by atoms with Gasteiger partial charge >= 0.3 is 0 Å². The highest BCUT2D eigenvalue weighted by atomic mass is 16.3. The molecule has 0 unspecified atom stereocenters. The number of rotatable bonds is 3. The van der Waals surface area contributed by atoms with Crippen LogP contribution in [-0.4, -0.2) is 35.7 Å². The number of aliphatic hydroxyl groups is 1. The lowest BCUT2D eigenvalue weighted by molar-refractivity contribution is 0.156. The summed E-state index contributed by atoms with van der Waals surface area (Å²) in [6.07, 6.45) is 2.34. The molecule has 2 heteroatoms. The minimum atomic E-state index is 0.288. The Morgan fingerprint density at radius 3 is 2.19 bits per heavy atom. The topological polar surface area (TPSA) is 23.5 Å². The summed E-state index contributed by atoms with van der Waals surface area (Å²) in [5.74, 6) is 0.449. The summed E-state index contributed by atoms with van der Waals surface area (Å²) in [7, 11) is 0. The normalized spacial score (nSPS) is 21.5. The molecule has 1 N–H and O–H groups in total. The Kier molecular flexibility index (Phi) is 3.28. The first-order chi connectivity index (χ1) is 10.4. The van der Waals surface area contributed by atoms with E-state index in [4.69, 9.17) is 0 Å². The van der Waals surface area contributed by atoms with Gasteiger partial charge in [0.25, 0.3) is 0 Å². The molecule has 2 aromatic rings.